The van der Waals surface area contributed by atoms with Crippen molar-refractivity contribution in [3.63, 3.8) is 0 Å². The van der Waals surface area contributed by atoms with Gasteiger partial charge < -0.3 is 18.9 Å². The number of ether oxygens (including phenoxy) is 4. The Kier molecular flexibility index (Phi) is 17.9. The molecule has 0 radical (unpaired) electrons. The molecule has 0 aliphatic rings. The number of rotatable bonds is 10. The maximum atomic E-state index is 12.2. The molecule has 0 bridgehead atoms. The van der Waals surface area contributed by atoms with E-state index in [0.717, 1.165) is 51.9 Å². The molecule has 0 saturated carbocycles. The average molecular weight is 515 g/mol. The number of carbonyl (C=O) groups is 1. The summed E-state index contributed by atoms with van der Waals surface area (Å²) in [5.74, 6) is 2.01. The van der Waals surface area contributed by atoms with Crippen molar-refractivity contribution in [3.05, 3.63) is 64.2 Å². The summed E-state index contributed by atoms with van der Waals surface area (Å²) in [6.45, 7) is 15.5. The van der Waals surface area contributed by atoms with E-state index in [2.05, 4.69) is 33.8 Å². The minimum absolute atomic E-state index is 0.357. The molecule has 1 unspecified atom stereocenters. The second-order valence-electron chi connectivity index (χ2n) is 9.15. The highest BCUT2D eigenvalue weighted by Crippen LogP contribution is 2.34. The molecule has 0 amide bonds. The lowest BCUT2D eigenvalue weighted by Crippen LogP contribution is -2.07. The maximum absolute atomic E-state index is 12.2. The lowest BCUT2D eigenvalue weighted by Gasteiger charge is -2.17. The molecule has 0 aliphatic carbocycles. The smallest absolute Gasteiger partial charge is 0.334 e. The number of unbranched alkanes of at least 4 members (excludes halogenated alkanes) is 1. The molecule has 2 rings (SSSR count). The number of benzene rings is 2. The van der Waals surface area contributed by atoms with Crippen molar-refractivity contribution in [2.75, 3.05) is 35.0 Å². The van der Waals surface area contributed by atoms with E-state index in [1.54, 1.807) is 28.3 Å². The first-order valence-corrected chi connectivity index (χ1v) is 13.2. The minimum Gasteiger partial charge on any atom is -0.497 e. The lowest BCUT2D eigenvalue weighted by molar-refractivity contribution is -0.135. The molecule has 5 nitrogen and oxygen atoms in total. The summed E-state index contributed by atoms with van der Waals surface area (Å²) < 4.78 is 20.6. The number of hydrogen-bond acceptors (Lipinski definition) is 5. The highest BCUT2D eigenvalue weighted by Gasteiger charge is 2.18. The molecule has 5 heteroatoms. The summed E-state index contributed by atoms with van der Waals surface area (Å²) in [6.07, 6.45) is 5.11. The van der Waals surface area contributed by atoms with E-state index in [1.165, 1.54) is 32.8 Å². The van der Waals surface area contributed by atoms with Gasteiger partial charge in [0.25, 0.3) is 0 Å². The van der Waals surface area contributed by atoms with Crippen molar-refractivity contribution in [1.82, 2.24) is 0 Å². The van der Waals surface area contributed by atoms with Crippen molar-refractivity contribution in [3.8, 4) is 11.5 Å². The molecule has 0 aromatic heterocycles. The Hall–Kier alpha value is -2.79. The Bertz CT molecular complexity index is 942. The average Bonchev–Trinajstić information content (AvgIpc) is 2.93. The van der Waals surface area contributed by atoms with Gasteiger partial charge >= 0.3 is 5.97 Å². The molecule has 208 valence electrons. The summed E-state index contributed by atoms with van der Waals surface area (Å²) in [5, 5.41) is 0. The van der Waals surface area contributed by atoms with Gasteiger partial charge in [-0.25, -0.2) is 4.79 Å². The van der Waals surface area contributed by atoms with Crippen LogP contribution in [0.4, 0.5) is 0 Å². The second-order valence-corrected chi connectivity index (χ2v) is 9.15. The zero-order valence-electron chi connectivity index (χ0n) is 25.1. The zero-order chi connectivity index (χ0) is 28.4. The summed E-state index contributed by atoms with van der Waals surface area (Å²) in [7, 11) is 6.41. The molecule has 2 aromatic carbocycles. The van der Waals surface area contributed by atoms with Gasteiger partial charge in [0.15, 0.2) is 0 Å². The quantitative estimate of drug-likeness (QED) is 0.236. The van der Waals surface area contributed by atoms with Crippen LogP contribution in [0.3, 0.4) is 0 Å². The maximum Gasteiger partial charge on any atom is 0.334 e. The SMILES string of the molecule is CCC(C)CCOC.CCCC.COC(=O)/C(C)=C(\c1ccc(OC)cc1)c1cc(OC)c(C)cc1C. The highest BCUT2D eigenvalue weighted by molar-refractivity contribution is 6.01. The molecular formula is C32H50O5. The monoisotopic (exact) mass is 514 g/mol. The Labute approximate surface area is 226 Å². The Morgan fingerprint density at radius 2 is 1.46 bits per heavy atom. The first-order valence-electron chi connectivity index (χ1n) is 13.2. The van der Waals surface area contributed by atoms with Crippen LogP contribution in [0.1, 0.15) is 82.6 Å². The van der Waals surface area contributed by atoms with Gasteiger partial charge in [0.1, 0.15) is 11.5 Å². The number of hydrogen-bond donors (Lipinski definition) is 0. The Balaban J connectivity index is 0.000000900. The van der Waals surface area contributed by atoms with Gasteiger partial charge in [-0.1, -0.05) is 65.2 Å². The Morgan fingerprint density at radius 3 is 1.89 bits per heavy atom. The van der Waals surface area contributed by atoms with Crippen molar-refractivity contribution < 1.29 is 23.7 Å². The van der Waals surface area contributed by atoms with Crippen LogP contribution >= 0.6 is 0 Å². The summed E-state index contributed by atoms with van der Waals surface area (Å²) in [6, 6.07) is 11.7. The minimum atomic E-state index is -0.357. The molecular weight excluding hydrogens is 464 g/mol. The van der Waals surface area contributed by atoms with Gasteiger partial charge in [-0.3, -0.25) is 0 Å². The van der Waals surface area contributed by atoms with Crippen LogP contribution in [-0.2, 0) is 14.3 Å². The van der Waals surface area contributed by atoms with E-state index in [1.807, 2.05) is 44.2 Å². The molecule has 0 fully saturated rings. The van der Waals surface area contributed by atoms with Crippen LogP contribution in [0.25, 0.3) is 5.57 Å². The van der Waals surface area contributed by atoms with Gasteiger partial charge in [-0.05, 0) is 79.1 Å². The number of carbonyl (C=O) groups excluding carboxylic acids is 1. The standard InChI is InChI=1S/C21H24O4.C7H16O.C4H10/c1-13-11-14(2)19(24-5)12-18(13)20(15(3)21(22)25-6)16-7-9-17(23-4)10-8-16;1-4-7(2)5-6-8-3;1-3-4-2/h7-12H,1-6H3;7H,4-6H2,1-3H3;3-4H2,1-2H3/b20-15+;;. The lowest BCUT2D eigenvalue weighted by atomic mass is 9.89. The fourth-order valence-electron chi connectivity index (χ4n) is 3.43. The summed E-state index contributed by atoms with van der Waals surface area (Å²) >= 11 is 0. The van der Waals surface area contributed by atoms with Crippen molar-refractivity contribution >= 4 is 11.5 Å². The van der Waals surface area contributed by atoms with Crippen LogP contribution in [0.2, 0.25) is 0 Å². The predicted molar refractivity (Wildman–Crippen MR) is 156 cm³/mol. The highest BCUT2D eigenvalue weighted by atomic mass is 16.5. The molecule has 2 aromatic rings. The second kappa shape index (κ2) is 19.3. The fraction of sp³-hybridized carbons (Fsp3) is 0.531. The van der Waals surface area contributed by atoms with E-state index in [4.69, 9.17) is 18.9 Å². The van der Waals surface area contributed by atoms with Crippen molar-refractivity contribution in [2.45, 2.75) is 74.1 Å². The Morgan fingerprint density at radius 1 is 0.865 bits per heavy atom. The van der Waals surface area contributed by atoms with Crippen LogP contribution in [0.15, 0.2) is 42.0 Å². The summed E-state index contributed by atoms with van der Waals surface area (Å²) in [5.41, 5.74) is 5.33. The predicted octanol–water partition coefficient (Wildman–Crippen LogP) is 8.19. The van der Waals surface area contributed by atoms with Crippen LogP contribution in [0, 0.1) is 19.8 Å². The number of methoxy groups -OCH3 is 4. The van der Waals surface area contributed by atoms with Gasteiger partial charge in [-0.2, -0.15) is 0 Å². The molecule has 37 heavy (non-hydrogen) atoms. The molecule has 1 atom stereocenters. The van der Waals surface area contributed by atoms with Gasteiger partial charge in [0, 0.05) is 19.3 Å². The van der Waals surface area contributed by atoms with E-state index < -0.39 is 0 Å². The van der Waals surface area contributed by atoms with Crippen LogP contribution in [-0.4, -0.2) is 41.0 Å². The third-order valence-corrected chi connectivity index (χ3v) is 6.27. The first-order chi connectivity index (χ1) is 17.6. The van der Waals surface area contributed by atoms with Gasteiger partial charge in [0.2, 0.25) is 0 Å². The molecule has 0 aliphatic heterocycles. The van der Waals surface area contributed by atoms with Crippen LogP contribution < -0.4 is 9.47 Å². The molecule has 0 saturated heterocycles. The third-order valence-electron chi connectivity index (χ3n) is 6.27. The van der Waals surface area contributed by atoms with Gasteiger partial charge in [0.05, 0.1) is 21.3 Å². The van der Waals surface area contributed by atoms with E-state index in [0.29, 0.717) is 5.57 Å². The fourth-order valence-corrected chi connectivity index (χ4v) is 3.43. The largest absolute Gasteiger partial charge is 0.497 e. The normalized spacial score (nSPS) is 11.6. The molecule has 0 heterocycles. The topological polar surface area (TPSA) is 54.0 Å². The molecule has 0 N–H and O–H groups in total. The number of aryl methyl sites for hydroxylation is 2. The zero-order valence-corrected chi connectivity index (χ0v) is 25.1. The van der Waals surface area contributed by atoms with E-state index in [9.17, 15) is 4.79 Å². The van der Waals surface area contributed by atoms with Crippen molar-refractivity contribution in [1.29, 1.82) is 0 Å². The van der Waals surface area contributed by atoms with Crippen molar-refractivity contribution in [2.24, 2.45) is 5.92 Å². The number of esters is 1. The van der Waals surface area contributed by atoms with E-state index >= 15 is 0 Å². The van der Waals surface area contributed by atoms with Crippen LogP contribution in [0.5, 0.6) is 11.5 Å². The van der Waals surface area contributed by atoms with Gasteiger partial charge in [-0.15, -0.1) is 0 Å². The molecule has 0 spiro atoms. The third kappa shape index (κ3) is 11.9. The first kappa shape index (κ1) is 34.2. The van der Waals surface area contributed by atoms with E-state index in [-0.39, 0.29) is 5.97 Å². The summed E-state index contributed by atoms with van der Waals surface area (Å²) in [4.78, 5) is 12.2.